The molecule has 0 heterocycles. The van der Waals surface area contributed by atoms with Crippen LogP contribution in [0.3, 0.4) is 0 Å². The highest BCUT2D eigenvalue weighted by Gasteiger charge is 2.10. The fourth-order valence-corrected chi connectivity index (χ4v) is 1.67. The predicted molar refractivity (Wildman–Crippen MR) is 52.9 cm³/mol. The molecule has 0 aliphatic carbocycles. The molecule has 0 aliphatic rings. The third-order valence-corrected chi connectivity index (χ3v) is 3.02. The lowest BCUT2D eigenvalue weighted by Crippen LogP contribution is -2.35. The molecule has 4 nitrogen and oxygen atoms in total. The molecular weight excluding hydrogens is 190 g/mol. The smallest absolute Gasteiger partial charge is 0.267 e. The van der Waals surface area contributed by atoms with Crippen LogP contribution < -0.4 is 0 Å². The first-order valence-electron chi connectivity index (χ1n) is 4.35. The van der Waals surface area contributed by atoms with Gasteiger partial charge in [-0.05, 0) is 12.8 Å². The van der Waals surface area contributed by atoms with E-state index in [1.807, 2.05) is 0 Å². The van der Waals surface area contributed by atoms with E-state index in [-0.39, 0.29) is 5.75 Å². The standard InChI is InChI=1S/C8H20NO3S/c1-9(2,3)7-5-6-8-13(10,11)12-4/h5-8H2,1-4H3/q+1. The summed E-state index contributed by atoms with van der Waals surface area (Å²) in [7, 11) is 4.22. The molecule has 0 aromatic carbocycles. The van der Waals surface area contributed by atoms with Gasteiger partial charge in [0.25, 0.3) is 10.1 Å². The summed E-state index contributed by atoms with van der Waals surface area (Å²) in [5, 5.41) is 0. The molecule has 0 unspecified atom stereocenters. The SMILES string of the molecule is COS(=O)(=O)CCCC[N+](C)(C)C. The highest BCUT2D eigenvalue weighted by molar-refractivity contribution is 7.86. The molecule has 80 valence electrons. The summed E-state index contributed by atoms with van der Waals surface area (Å²) < 4.78 is 27.0. The van der Waals surface area contributed by atoms with E-state index in [2.05, 4.69) is 25.3 Å². The van der Waals surface area contributed by atoms with Crippen LogP contribution in [-0.4, -0.2) is 53.5 Å². The van der Waals surface area contributed by atoms with Crippen molar-refractivity contribution in [2.24, 2.45) is 0 Å². The Morgan fingerprint density at radius 2 is 1.69 bits per heavy atom. The summed E-state index contributed by atoms with van der Waals surface area (Å²) in [6.07, 6.45) is 1.58. The quantitative estimate of drug-likeness (QED) is 0.363. The predicted octanol–water partition coefficient (Wildman–Crippen LogP) is 0.449. The summed E-state index contributed by atoms with van der Waals surface area (Å²) in [5.74, 6) is 0.128. The van der Waals surface area contributed by atoms with Gasteiger partial charge in [0.15, 0.2) is 0 Å². The van der Waals surface area contributed by atoms with Crippen LogP contribution in [0.15, 0.2) is 0 Å². The summed E-state index contributed by atoms with van der Waals surface area (Å²) in [6.45, 7) is 0.985. The molecule has 0 aromatic heterocycles. The topological polar surface area (TPSA) is 43.4 Å². The van der Waals surface area contributed by atoms with Gasteiger partial charge in [-0.3, -0.25) is 4.18 Å². The van der Waals surface area contributed by atoms with Crippen LogP contribution in [0.2, 0.25) is 0 Å². The number of quaternary nitrogens is 1. The second kappa shape index (κ2) is 4.93. The lowest BCUT2D eigenvalue weighted by Gasteiger charge is -2.23. The molecule has 0 bridgehead atoms. The Bertz CT molecular complexity index is 228. The Morgan fingerprint density at radius 1 is 1.15 bits per heavy atom. The highest BCUT2D eigenvalue weighted by Crippen LogP contribution is 2.01. The van der Waals surface area contributed by atoms with Gasteiger partial charge >= 0.3 is 0 Å². The molecule has 5 heteroatoms. The third-order valence-electron chi connectivity index (χ3n) is 1.73. The van der Waals surface area contributed by atoms with Gasteiger partial charge in [-0.15, -0.1) is 0 Å². The second-order valence-electron chi connectivity index (χ2n) is 4.15. The summed E-state index contributed by atoms with van der Waals surface area (Å²) in [5.41, 5.74) is 0. The van der Waals surface area contributed by atoms with Crippen LogP contribution in [0, 0.1) is 0 Å². The van der Waals surface area contributed by atoms with Gasteiger partial charge < -0.3 is 4.48 Å². The highest BCUT2D eigenvalue weighted by atomic mass is 32.2. The van der Waals surface area contributed by atoms with Gasteiger partial charge in [0, 0.05) is 0 Å². The Hall–Kier alpha value is -0.130. The zero-order valence-electron chi connectivity index (χ0n) is 8.91. The van der Waals surface area contributed by atoms with E-state index in [1.165, 1.54) is 7.11 Å². The number of hydrogen-bond donors (Lipinski definition) is 0. The van der Waals surface area contributed by atoms with Crippen LogP contribution in [-0.2, 0) is 14.3 Å². The van der Waals surface area contributed by atoms with E-state index in [4.69, 9.17) is 0 Å². The molecule has 0 amide bonds. The maximum absolute atomic E-state index is 10.9. The van der Waals surface area contributed by atoms with Crippen LogP contribution in [0.1, 0.15) is 12.8 Å². The molecule has 13 heavy (non-hydrogen) atoms. The maximum Gasteiger partial charge on any atom is 0.267 e. The molecule has 0 fully saturated rings. The van der Waals surface area contributed by atoms with Gasteiger partial charge in [0.05, 0.1) is 40.6 Å². The van der Waals surface area contributed by atoms with Crippen molar-refractivity contribution in [2.75, 3.05) is 40.6 Å². The lowest BCUT2D eigenvalue weighted by molar-refractivity contribution is -0.870. The molecule has 0 spiro atoms. The molecule has 0 saturated carbocycles. The molecule has 0 radical (unpaired) electrons. The largest absolute Gasteiger partial charge is 0.331 e. The van der Waals surface area contributed by atoms with Gasteiger partial charge in [-0.1, -0.05) is 0 Å². The summed E-state index contributed by atoms with van der Waals surface area (Å²) in [4.78, 5) is 0. The van der Waals surface area contributed by atoms with Crippen molar-refractivity contribution in [2.45, 2.75) is 12.8 Å². The number of unbranched alkanes of at least 4 members (excludes halogenated alkanes) is 1. The average Bonchev–Trinajstić information content (AvgIpc) is 1.97. The van der Waals surface area contributed by atoms with Crippen molar-refractivity contribution in [1.29, 1.82) is 0 Å². The first-order valence-corrected chi connectivity index (χ1v) is 5.93. The molecule has 0 rings (SSSR count). The van der Waals surface area contributed by atoms with Gasteiger partial charge in [-0.2, -0.15) is 8.42 Å². The van der Waals surface area contributed by atoms with E-state index < -0.39 is 10.1 Å². The van der Waals surface area contributed by atoms with Crippen LogP contribution in [0.4, 0.5) is 0 Å². The average molecular weight is 210 g/mol. The zero-order chi connectivity index (χ0) is 10.5. The zero-order valence-corrected chi connectivity index (χ0v) is 9.73. The van der Waals surface area contributed by atoms with E-state index in [9.17, 15) is 8.42 Å². The Balaban J connectivity index is 3.59. The van der Waals surface area contributed by atoms with Gasteiger partial charge in [0.2, 0.25) is 0 Å². The first kappa shape index (κ1) is 12.9. The monoisotopic (exact) mass is 210 g/mol. The number of hydrogen-bond acceptors (Lipinski definition) is 3. The summed E-state index contributed by atoms with van der Waals surface area (Å²) in [6, 6.07) is 0. The minimum Gasteiger partial charge on any atom is -0.331 e. The van der Waals surface area contributed by atoms with Crippen molar-refractivity contribution >= 4 is 10.1 Å². The van der Waals surface area contributed by atoms with E-state index in [0.717, 1.165) is 17.4 Å². The Morgan fingerprint density at radius 3 is 2.08 bits per heavy atom. The minimum absolute atomic E-state index is 0.128. The first-order chi connectivity index (χ1) is 5.77. The molecule has 0 atom stereocenters. The third kappa shape index (κ3) is 8.21. The second-order valence-corrected chi connectivity index (χ2v) is 6.01. The molecular formula is C8H20NO3S+. The van der Waals surface area contributed by atoms with Crippen LogP contribution in [0.25, 0.3) is 0 Å². The Labute approximate surface area is 81.2 Å². The van der Waals surface area contributed by atoms with Gasteiger partial charge in [-0.25, -0.2) is 0 Å². The van der Waals surface area contributed by atoms with Gasteiger partial charge in [0.1, 0.15) is 0 Å². The molecule has 0 saturated heterocycles. The fourth-order valence-electron chi connectivity index (χ4n) is 0.948. The van der Waals surface area contributed by atoms with Crippen molar-refractivity contribution in [3.8, 4) is 0 Å². The number of nitrogens with zero attached hydrogens (tertiary/aromatic N) is 1. The van der Waals surface area contributed by atoms with Crippen LogP contribution in [0.5, 0.6) is 0 Å². The van der Waals surface area contributed by atoms with E-state index in [0.29, 0.717) is 6.42 Å². The normalized spacial score (nSPS) is 13.2. The number of rotatable bonds is 6. The molecule has 0 N–H and O–H groups in total. The fraction of sp³-hybridized carbons (Fsp3) is 1.00. The minimum atomic E-state index is -3.24. The Kier molecular flexibility index (Phi) is 4.88. The van der Waals surface area contributed by atoms with Crippen molar-refractivity contribution in [3.63, 3.8) is 0 Å². The van der Waals surface area contributed by atoms with Crippen molar-refractivity contribution in [1.82, 2.24) is 0 Å². The maximum atomic E-state index is 10.9. The van der Waals surface area contributed by atoms with Crippen molar-refractivity contribution < 1.29 is 17.1 Å². The van der Waals surface area contributed by atoms with Crippen molar-refractivity contribution in [3.05, 3.63) is 0 Å². The van der Waals surface area contributed by atoms with E-state index >= 15 is 0 Å². The lowest BCUT2D eigenvalue weighted by atomic mass is 10.3. The van der Waals surface area contributed by atoms with Crippen LogP contribution >= 0.6 is 0 Å². The van der Waals surface area contributed by atoms with E-state index in [1.54, 1.807) is 0 Å². The summed E-state index contributed by atoms with van der Waals surface area (Å²) >= 11 is 0. The molecule has 0 aliphatic heterocycles. The molecule has 0 aromatic rings.